The summed E-state index contributed by atoms with van der Waals surface area (Å²) < 4.78 is 36.5. The van der Waals surface area contributed by atoms with E-state index < -0.39 is 17.5 Å². The fourth-order valence-corrected chi connectivity index (χ4v) is 4.45. The van der Waals surface area contributed by atoms with Gasteiger partial charge in [-0.3, -0.25) is 4.55 Å². The number of unbranched alkanes of at least 4 members (excludes halogenated alkanes) is 1. The summed E-state index contributed by atoms with van der Waals surface area (Å²) in [4.78, 5) is 0.525. The van der Waals surface area contributed by atoms with Gasteiger partial charge in [-0.25, -0.2) is 0 Å². The van der Waals surface area contributed by atoms with Crippen LogP contribution in [0.4, 0.5) is 0 Å². The van der Waals surface area contributed by atoms with Crippen LogP contribution >= 0.6 is 10.8 Å². The Labute approximate surface area is 145 Å². The molecule has 0 amide bonds. The minimum Gasteiger partial charge on any atom is -0.417 e. The van der Waals surface area contributed by atoms with Crippen LogP contribution < -0.4 is 0 Å². The van der Waals surface area contributed by atoms with E-state index in [4.69, 9.17) is 8.98 Å². The molecule has 0 radical (unpaired) electrons. The van der Waals surface area contributed by atoms with Gasteiger partial charge in [0, 0.05) is 22.3 Å². The van der Waals surface area contributed by atoms with Crippen LogP contribution in [0.1, 0.15) is 39.2 Å². The fraction of sp³-hybridized carbons (Fsp3) is 0.625. The average molecular weight is 377 g/mol. The summed E-state index contributed by atoms with van der Waals surface area (Å²) in [5.41, 5.74) is 1.16. The average Bonchev–Trinajstić information content (AvgIpc) is 2.37. The van der Waals surface area contributed by atoms with E-state index >= 15 is 0 Å². The molecular weight excluding hydrogens is 348 g/mol. The molecule has 0 saturated carbocycles. The van der Waals surface area contributed by atoms with Crippen molar-refractivity contribution in [1.82, 2.24) is 0 Å². The van der Waals surface area contributed by atoms with Crippen molar-refractivity contribution in [3.63, 3.8) is 0 Å². The summed E-state index contributed by atoms with van der Waals surface area (Å²) in [7, 11) is -5.23. The maximum atomic E-state index is 10.8. The molecule has 0 saturated heterocycles. The third-order valence-electron chi connectivity index (χ3n) is 4.25. The first-order valence-corrected chi connectivity index (χ1v) is 13.5. The van der Waals surface area contributed by atoms with E-state index in [1.807, 2.05) is 12.1 Å². The SMILES string of the molecule is CC(C)(C)[Si](C)(C)OCCCCc1ccc(SS(=O)(=O)O)cc1. The molecule has 1 aromatic rings. The summed E-state index contributed by atoms with van der Waals surface area (Å²) in [6.07, 6.45) is 3.01. The summed E-state index contributed by atoms with van der Waals surface area (Å²) in [5.74, 6) is 0. The van der Waals surface area contributed by atoms with Crippen molar-refractivity contribution >= 4 is 28.3 Å². The zero-order chi connectivity index (χ0) is 17.7. The topological polar surface area (TPSA) is 63.6 Å². The van der Waals surface area contributed by atoms with E-state index in [9.17, 15) is 8.42 Å². The highest BCUT2D eigenvalue weighted by atomic mass is 33.1. The predicted molar refractivity (Wildman–Crippen MR) is 99.9 cm³/mol. The molecule has 0 aliphatic heterocycles. The van der Waals surface area contributed by atoms with Crippen LogP contribution in [0.5, 0.6) is 0 Å². The lowest BCUT2D eigenvalue weighted by Gasteiger charge is -2.36. The second kappa shape index (κ2) is 8.16. The summed E-state index contributed by atoms with van der Waals surface area (Å²) in [6, 6.07) is 7.25. The Morgan fingerprint density at radius 3 is 2.17 bits per heavy atom. The Bertz CT molecular complexity index is 590. The number of hydrogen-bond acceptors (Lipinski definition) is 4. The molecular formula is C16H28O4S2Si. The number of benzene rings is 1. The molecule has 4 nitrogen and oxygen atoms in total. The molecule has 1 rings (SSSR count). The van der Waals surface area contributed by atoms with E-state index in [1.54, 1.807) is 12.1 Å². The molecule has 132 valence electrons. The third-order valence-corrected chi connectivity index (χ3v) is 10.7. The molecule has 7 heteroatoms. The largest absolute Gasteiger partial charge is 0.417 e. The number of rotatable bonds is 8. The minimum atomic E-state index is -4.04. The second-order valence-corrected chi connectivity index (χ2v) is 15.3. The quantitative estimate of drug-likeness (QED) is 0.302. The van der Waals surface area contributed by atoms with Crippen LogP contribution in [0, 0.1) is 0 Å². The van der Waals surface area contributed by atoms with Crippen LogP contribution in [0.2, 0.25) is 18.1 Å². The lowest BCUT2D eigenvalue weighted by atomic mass is 10.1. The first kappa shape index (κ1) is 20.7. The summed E-state index contributed by atoms with van der Waals surface area (Å²) in [5, 5.41) is 0.244. The van der Waals surface area contributed by atoms with Crippen molar-refractivity contribution in [2.45, 2.75) is 63.1 Å². The van der Waals surface area contributed by atoms with Gasteiger partial charge >= 0.3 is 9.15 Å². The van der Waals surface area contributed by atoms with Crippen molar-refractivity contribution in [1.29, 1.82) is 0 Å². The maximum absolute atomic E-state index is 10.8. The highest BCUT2D eigenvalue weighted by Gasteiger charge is 2.36. The molecule has 0 spiro atoms. The van der Waals surface area contributed by atoms with Gasteiger partial charge < -0.3 is 4.43 Å². The molecule has 0 aliphatic rings. The van der Waals surface area contributed by atoms with Crippen molar-refractivity contribution in [3.8, 4) is 0 Å². The molecule has 0 heterocycles. The normalized spacial score (nSPS) is 13.3. The Balaban J connectivity index is 2.34. The molecule has 0 fully saturated rings. The maximum Gasteiger partial charge on any atom is 0.324 e. The summed E-state index contributed by atoms with van der Waals surface area (Å²) >= 11 is 0. The van der Waals surface area contributed by atoms with Gasteiger partial charge in [-0.15, -0.1) is 0 Å². The molecule has 0 aliphatic carbocycles. The molecule has 23 heavy (non-hydrogen) atoms. The highest BCUT2D eigenvalue weighted by Crippen LogP contribution is 2.36. The standard InChI is InChI=1S/C16H28O4S2Si/c1-16(2,3)23(4,5)20-13-7-6-8-14-9-11-15(12-10-14)21-22(17,18)19/h9-12H,6-8,13H2,1-5H3,(H,17,18,19). The van der Waals surface area contributed by atoms with Gasteiger partial charge in [-0.05, 0) is 55.1 Å². The monoisotopic (exact) mass is 376 g/mol. The minimum absolute atomic E-state index is 0.244. The number of aryl methyl sites for hydroxylation is 1. The van der Waals surface area contributed by atoms with Crippen LogP contribution in [0.25, 0.3) is 0 Å². The molecule has 0 bridgehead atoms. The zero-order valence-electron chi connectivity index (χ0n) is 14.6. The van der Waals surface area contributed by atoms with Gasteiger partial charge in [-0.2, -0.15) is 8.42 Å². The van der Waals surface area contributed by atoms with Gasteiger partial charge in [0.1, 0.15) is 0 Å². The first-order valence-electron chi connectivity index (χ1n) is 7.80. The van der Waals surface area contributed by atoms with Crippen LogP contribution in [-0.4, -0.2) is 27.9 Å². The molecule has 1 aromatic carbocycles. The number of hydrogen-bond donors (Lipinski definition) is 1. The second-order valence-electron chi connectivity index (χ2n) is 7.22. The van der Waals surface area contributed by atoms with E-state index in [-0.39, 0.29) is 5.04 Å². The van der Waals surface area contributed by atoms with Gasteiger partial charge in [0.2, 0.25) is 0 Å². The van der Waals surface area contributed by atoms with Gasteiger partial charge in [-0.1, -0.05) is 32.9 Å². The van der Waals surface area contributed by atoms with Crippen LogP contribution in [0.15, 0.2) is 29.2 Å². The molecule has 0 atom stereocenters. The molecule has 0 unspecified atom stereocenters. The van der Waals surface area contributed by atoms with Crippen molar-refractivity contribution in [2.24, 2.45) is 0 Å². The van der Waals surface area contributed by atoms with E-state index in [2.05, 4.69) is 33.9 Å². The van der Waals surface area contributed by atoms with Crippen LogP contribution in [-0.2, 0) is 20.0 Å². The van der Waals surface area contributed by atoms with Crippen molar-refractivity contribution in [3.05, 3.63) is 29.8 Å². The van der Waals surface area contributed by atoms with Gasteiger partial charge in [0.15, 0.2) is 8.32 Å². The Morgan fingerprint density at radius 1 is 1.13 bits per heavy atom. The Morgan fingerprint density at radius 2 is 1.70 bits per heavy atom. The lowest BCUT2D eigenvalue weighted by molar-refractivity contribution is 0.279. The van der Waals surface area contributed by atoms with Crippen LogP contribution in [0.3, 0.4) is 0 Å². The molecule has 1 N–H and O–H groups in total. The van der Waals surface area contributed by atoms with Gasteiger partial charge in [0.25, 0.3) is 0 Å². The smallest absolute Gasteiger partial charge is 0.324 e. The van der Waals surface area contributed by atoms with Gasteiger partial charge in [0.05, 0.1) is 0 Å². The zero-order valence-corrected chi connectivity index (χ0v) is 17.3. The predicted octanol–water partition coefficient (Wildman–Crippen LogP) is 4.93. The van der Waals surface area contributed by atoms with E-state index in [0.717, 1.165) is 31.4 Å². The Kier molecular flexibility index (Phi) is 7.34. The van der Waals surface area contributed by atoms with E-state index in [0.29, 0.717) is 15.7 Å². The lowest BCUT2D eigenvalue weighted by Crippen LogP contribution is -2.40. The highest BCUT2D eigenvalue weighted by molar-refractivity contribution is 8.69. The fourth-order valence-electron chi connectivity index (χ4n) is 1.81. The third kappa shape index (κ3) is 7.85. The first-order chi connectivity index (χ1) is 10.4. The Hall–Kier alpha value is -0.343. The summed E-state index contributed by atoms with van der Waals surface area (Å²) in [6.45, 7) is 12.0. The van der Waals surface area contributed by atoms with Crippen molar-refractivity contribution < 1.29 is 17.4 Å². The van der Waals surface area contributed by atoms with E-state index in [1.165, 1.54) is 0 Å². The van der Waals surface area contributed by atoms with Crippen molar-refractivity contribution in [2.75, 3.05) is 6.61 Å². The molecule has 0 aromatic heterocycles.